The van der Waals surface area contributed by atoms with Crippen LogP contribution in [-0.4, -0.2) is 36.1 Å². The van der Waals surface area contributed by atoms with E-state index in [1.807, 2.05) is 0 Å². The van der Waals surface area contributed by atoms with Gasteiger partial charge in [0.05, 0.1) is 11.9 Å². The SMILES string of the molecule is CC(S)C(=O)OCCCNC(=O)OC(C)(C)C. The van der Waals surface area contributed by atoms with E-state index in [2.05, 4.69) is 17.9 Å². The number of esters is 1. The van der Waals surface area contributed by atoms with Gasteiger partial charge in [-0.3, -0.25) is 4.79 Å². The standard InChI is InChI=1S/C11H21NO4S/c1-8(17)9(13)15-7-5-6-12-10(14)16-11(2,3)4/h8,17H,5-7H2,1-4H3,(H,12,14). The fraction of sp³-hybridized carbons (Fsp3) is 0.818. The molecule has 0 saturated carbocycles. The first-order valence-corrected chi connectivity index (χ1v) is 6.05. The van der Waals surface area contributed by atoms with Gasteiger partial charge in [0.25, 0.3) is 0 Å². The van der Waals surface area contributed by atoms with Gasteiger partial charge in [-0.25, -0.2) is 4.79 Å². The third-order valence-corrected chi connectivity index (χ3v) is 1.79. The van der Waals surface area contributed by atoms with Crippen molar-refractivity contribution in [2.75, 3.05) is 13.2 Å². The molecule has 0 aromatic heterocycles. The quantitative estimate of drug-likeness (QED) is 0.451. The predicted molar refractivity (Wildman–Crippen MR) is 68.3 cm³/mol. The fourth-order valence-corrected chi connectivity index (χ4v) is 0.945. The molecule has 0 saturated heterocycles. The lowest BCUT2D eigenvalue weighted by molar-refractivity contribution is -0.142. The minimum absolute atomic E-state index is 0.263. The number of carbonyl (C=O) groups is 2. The van der Waals surface area contributed by atoms with Crippen LogP contribution in [-0.2, 0) is 14.3 Å². The highest BCUT2D eigenvalue weighted by molar-refractivity contribution is 7.81. The first-order valence-electron chi connectivity index (χ1n) is 5.54. The summed E-state index contributed by atoms with van der Waals surface area (Å²) < 4.78 is 9.91. The lowest BCUT2D eigenvalue weighted by atomic mass is 10.2. The molecule has 0 aliphatic rings. The van der Waals surface area contributed by atoms with Gasteiger partial charge in [0, 0.05) is 6.54 Å². The fourth-order valence-electron chi connectivity index (χ4n) is 0.870. The number of hydrogen-bond donors (Lipinski definition) is 2. The second kappa shape index (κ2) is 7.42. The van der Waals surface area contributed by atoms with E-state index in [1.54, 1.807) is 27.7 Å². The zero-order chi connectivity index (χ0) is 13.5. The lowest BCUT2D eigenvalue weighted by Gasteiger charge is -2.19. The molecule has 1 atom stereocenters. The Kier molecular flexibility index (Phi) is 7.03. The normalized spacial score (nSPS) is 12.8. The van der Waals surface area contributed by atoms with Crippen molar-refractivity contribution in [3.8, 4) is 0 Å². The van der Waals surface area contributed by atoms with Gasteiger partial charge in [-0.15, -0.1) is 0 Å². The van der Waals surface area contributed by atoms with E-state index < -0.39 is 16.9 Å². The van der Waals surface area contributed by atoms with E-state index in [4.69, 9.17) is 9.47 Å². The van der Waals surface area contributed by atoms with Crippen LogP contribution in [0.5, 0.6) is 0 Å². The Morgan fingerprint density at radius 2 is 1.94 bits per heavy atom. The maximum Gasteiger partial charge on any atom is 0.407 e. The molecule has 0 spiro atoms. The predicted octanol–water partition coefficient (Wildman–Crippen LogP) is 1.76. The summed E-state index contributed by atoms with van der Waals surface area (Å²) >= 11 is 3.93. The highest BCUT2D eigenvalue weighted by Gasteiger charge is 2.15. The van der Waals surface area contributed by atoms with Crippen molar-refractivity contribution in [3.63, 3.8) is 0 Å². The minimum atomic E-state index is -0.502. The highest BCUT2D eigenvalue weighted by Crippen LogP contribution is 2.06. The number of alkyl carbamates (subject to hydrolysis) is 1. The van der Waals surface area contributed by atoms with Crippen molar-refractivity contribution in [2.24, 2.45) is 0 Å². The average molecular weight is 263 g/mol. The molecule has 0 heterocycles. The summed E-state index contributed by atoms with van der Waals surface area (Å²) in [6.45, 7) is 7.69. The molecule has 6 heteroatoms. The summed E-state index contributed by atoms with van der Waals surface area (Å²) in [7, 11) is 0. The average Bonchev–Trinajstić information content (AvgIpc) is 2.13. The van der Waals surface area contributed by atoms with Crippen molar-refractivity contribution in [2.45, 2.75) is 45.0 Å². The molecular weight excluding hydrogens is 242 g/mol. The van der Waals surface area contributed by atoms with Crippen LogP contribution in [0.15, 0.2) is 0 Å². The second-order valence-electron chi connectivity index (χ2n) is 4.63. The Morgan fingerprint density at radius 1 is 1.35 bits per heavy atom. The molecular formula is C11H21NO4S. The molecule has 0 rings (SSSR count). The molecule has 0 aliphatic heterocycles. The molecule has 5 nitrogen and oxygen atoms in total. The number of amides is 1. The number of thiol groups is 1. The third kappa shape index (κ3) is 9.99. The van der Waals surface area contributed by atoms with Gasteiger partial charge in [0.15, 0.2) is 0 Å². The van der Waals surface area contributed by atoms with Crippen LogP contribution in [0.3, 0.4) is 0 Å². The summed E-state index contributed by atoms with van der Waals surface area (Å²) in [5, 5.41) is 2.15. The van der Waals surface area contributed by atoms with Crippen molar-refractivity contribution >= 4 is 24.7 Å². The van der Waals surface area contributed by atoms with Crippen LogP contribution in [0.2, 0.25) is 0 Å². The Morgan fingerprint density at radius 3 is 2.41 bits per heavy atom. The highest BCUT2D eigenvalue weighted by atomic mass is 32.1. The van der Waals surface area contributed by atoms with E-state index in [9.17, 15) is 9.59 Å². The molecule has 100 valence electrons. The molecule has 1 amide bonds. The zero-order valence-electron chi connectivity index (χ0n) is 10.8. The van der Waals surface area contributed by atoms with E-state index >= 15 is 0 Å². The topological polar surface area (TPSA) is 64.6 Å². The van der Waals surface area contributed by atoms with Crippen LogP contribution in [0.25, 0.3) is 0 Å². The number of hydrogen-bond acceptors (Lipinski definition) is 5. The molecule has 0 aliphatic carbocycles. The molecule has 17 heavy (non-hydrogen) atoms. The zero-order valence-corrected chi connectivity index (χ0v) is 11.7. The summed E-state index contributed by atoms with van der Waals surface area (Å²) in [5.74, 6) is -0.356. The minimum Gasteiger partial charge on any atom is -0.465 e. The van der Waals surface area contributed by atoms with Crippen LogP contribution in [0.4, 0.5) is 4.79 Å². The van der Waals surface area contributed by atoms with Crippen molar-refractivity contribution in [1.29, 1.82) is 0 Å². The summed E-state index contributed by atoms with van der Waals surface area (Å²) in [5.41, 5.74) is -0.502. The van der Waals surface area contributed by atoms with E-state index in [0.717, 1.165) is 0 Å². The molecule has 0 aromatic carbocycles. The first kappa shape index (κ1) is 16.1. The Balaban J connectivity index is 3.53. The van der Waals surface area contributed by atoms with E-state index in [1.165, 1.54) is 0 Å². The third-order valence-electron chi connectivity index (χ3n) is 1.57. The van der Waals surface area contributed by atoms with Crippen molar-refractivity contribution < 1.29 is 19.1 Å². The van der Waals surface area contributed by atoms with Crippen LogP contribution in [0.1, 0.15) is 34.1 Å². The van der Waals surface area contributed by atoms with Gasteiger partial charge in [-0.2, -0.15) is 12.6 Å². The van der Waals surface area contributed by atoms with Gasteiger partial charge in [-0.1, -0.05) is 0 Å². The van der Waals surface area contributed by atoms with Crippen molar-refractivity contribution in [1.82, 2.24) is 5.32 Å². The number of ether oxygens (including phenoxy) is 2. The molecule has 1 unspecified atom stereocenters. The monoisotopic (exact) mass is 263 g/mol. The molecule has 0 bridgehead atoms. The lowest BCUT2D eigenvalue weighted by Crippen LogP contribution is -2.33. The van der Waals surface area contributed by atoms with Gasteiger partial charge >= 0.3 is 12.1 Å². The summed E-state index contributed by atoms with van der Waals surface area (Å²) in [4.78, 5) is 22.2. The van der Waals surface area contributed by atoms with Crippen LogP contribution >= 0.6 is 12.6 Å². The number of nitrogens with one attached hydrogen (secondary N) is 1. The maximum absolute atomic E-state index is 11.2. The van der Waals surface area contributed by atoms with Crippen LogP contribution < -0.4 is 5.32 Å². The molecule has 0 fully saturated rings. The first-order chi connectivity index (χ1) is 7.72. The Bertz CT molecular complexity index is 261. The van der Waals surface area contributed by atoms with E-state index in [0.29, 0.717) is 13.0 Å². The second-order valence-corrected chi connectivity index (χ2v) is 5.40. The smallest absolute Gasteiger partial charge is 0.407 e. The number of rotatable bonds is 5. The summed E-state index contributed by atoms with van der Waals surface area (Å²) in [6.07, 6.45) is 0.0808. The van der Waals surface area contributed by atoms with Gasteiger partial charge in [0.2, 0.25) is 0 Å². The number of carbonyl (C=O) groups excluding carboxylic acids is 2. The largest absolute Gasteiger partial charge is 0.465 e. The molecule has 0 aromatic rings. The van der Waals surface area contributed by atoms with Gasteiger partial charge < -0.3 is 14.8 Å². The van der Waals surface area contributed by atoms with Gasteiger partial charge in [0.1, 0.15) is 5.60 Å². The maximum atomic E-state index is 11.2. The Labute approximate surface area is 108 Å². The molecule has 1 N–H and O–H groups in total. The summed E-state index contributed by atoms with van der Waals surface area (Å²) in [6, 6.07) is 0. The van der Waals surface area contributed by atoms with Crippen molar-refractivity contribution in [3.05, 3.63) is 0 Å². The van der Waals surface area contributed by atoms with E-state index in [-0.39, 0.29) is 12.6 Å². The Hall–Kier alpha value is -0.910. The van der Waals surface area contributed by atoms with Gasteiger partial charge in [-0.05, 0) is 34.1 Å². The van der Waals surface area contributed by atoms with Crippen LogP contribution in [0, 0.1) is 0 Å². The molecule has 0 radical (unpaired) electrons.